The fourth-order valence-corrected chi connectivity index (χ4v) is 0.216. The Morgan fingerprint density at radius 3 is 1.70 bits per heavy atom. The van der Waals surface area contributed by atoms with Crippen LogP contribution in [-0.2, 0) is 4.79 Å². The van der Waals surface area contributed by atoms with Gasteiger partial charge < -0.3 is 0 Å². The molecule has 0 fully saturated rings. The Morgan fingerprint density at radius 2 is 1.70 bits per heavy atom. The lowest BCUT2D eigenvalue weighted by atomic mass is 10.3. The maximum atomic E-state index is 11.2. The van der Waals surface area contributed by atoms with Crippen molar-refractivity contribution in [3.63, 3.8) is 0 Å². The quantitative estimate of drug-likeness (QED) is 0.325. The summed E-state index contributed by atoms with van der Waals surface area (Å²) >= 11 is 0. The van der Waals surface area contributed by atoms with E-state index in [0.29, 0.717) is 0 Å². The van der Waals surface area contributed by atoms with Gasteiger partial charge in [0.05, 0.1) is 0 Å². The van der Waals surface area contributed by atoms with Gasteiger partial charge in [0.2, 0.25) is 0 Å². The van der Waals surface area contributed by atoms with Crippen molar-refractivity contribution in [2.75, 3.05) is 0 Å². The minimum Gasteiger partial charge on any atom is -0.255 e. The lowest BCUT2D eigenvalue weighted by Crippen LogP contribution is -2.16. The minimum absolute atomic E-state index is 1.11. The molecule has 0 rings (SSSR count). The van der Waals surface area contributed by atoms with Gasteiger partial charge in [-0.2, -0.15) is 17.6 Å². The molecule has 1 nitrogen and oxygen atoms in total. The van der Waals surface area contributed by atoms with E-state index in [2.05, 4.69) is 0 Å². The van der Waals surface area contributed by atoms with Crippen molar-refractivity contribution < 1.29 is 26.7 Å². The van der Waals surface area contributed by atoms with Crippen LogP contribution < -0.4 is 0 Å². The molecule has 0 saturated carbocycles. The van der Waals surface area contributed by atoms with Crippen LogP contribution in [0, 0.1) is 0 Å². The van der Waals surface area contributed by atoms with Crippen LogP contribution >= 0.6 is 0 Å². The van der Waals surface area contributed by atoms with Crippen LogP contribution in [-0.4, -0.2) is 12.2 Å². The molecular weight excluding hydrogens is 159 g/mol. The molecule has 58 valence electrons. The third-order valence-corrected chi connectivity index (χ3v) is 0.626. The van der Waals surface area contributed by atoms with E-state index in [4.69, 9.17) is 0 Å². The molecule has 0 aromatic heterocycles. The number of hydrogen-bond acceptors (Lipinski definition) is 1. The summed E-state index contributed by atoms with van der Waals surface area (Å²) in [6, 6.07) is -2.82. The number of allylic oxidation sites excluding steroid dienone is 1. The highest BCUT2D eigenvalue weighted by molar-refractivity contribution is 5.88. The molecule has 0 aliphatic rings. The zero-order valence-electron chi connectivity index (χ0n) is 4.38. The molecule has 0 saturated heterocycles. The number of halogens is 5. The summed E-state index contributed by atoms with van der Waals surface area (Å²) in [5.41, 5.74) is -2.42. The van der Waals surface area contributed by atoms with Crippen molar-refractivity contribution in [1.82, 2.24) is 0 Å². The van der Waals surface area contributed by atoms with Crippen molar-refractivity contribution in [2.45, 2.75) is 6.18 Å². The second-order valence-electron chi connectivity index (χ2n) is 1.29. The molecule has 0 spiro atoms. The van der Waals surface area contributed by atoms with Crippen LogP contribution in [0.4, 0.5) is 22.0 Å². The molecule has 0 heterocycles. The predicted molar refractivity (Wildman–Crippen MR) is 21.4 cm³/mol. The lowest BCUT2D eigenvalue weighted by Gasteiger charge is -2.02. The van der Waals surface area contributed by atoms with Crippen LogP contribution in [0.3, 0.4) is 0 Å². The molecule has 0 bridgehead atoms. The molecule has 0 aliphatic heterocycles. The standard InChI is InChI=1S/C4HF5O/c5-1-2(3(6)10)4(7,8)9/h1H. The second kappa shape index (κ2) is 2.76. The monoisotopic (exact) mass is 160 g/mol. The Bertz CT molecular complexity index is 167. The van der Waals surface area contributed by atoms with E-state index in [1.54, 1.807) is 0 Å². The molecule has 0 aromatic carbocycles. The zero-order chi connectivity index (χ0) is 8.36. The first-order valence-corrected chi connectivity index (χ1v) is 1.97. The van der Waals surface area contributed by atoms with Gasteiger partial charge in [-0.1, -0.05) is 0 Å². The minimum atomic E-state index is -5.25. The maximum absolute atomic E-state index is 11.2. The van der Waals surface area contributed by atoms with Crippen LogP contribution in [0.25, 0.3) is 0 Å². The number of alkyl halides is 3. The first-order valence-electron chi connectivity index (χ1n) is 1.97. The summed E-state index contributed by atoms with van der Waals surface area (Å²) < 4.78 is 55.9. The normalized spacial score (nSPS) is 13.5. The molecule has 6 heteroatoms. The van der Waals surface area contributed by atoms with Gasteiger partial charge in [0, 0.05) is 0 Å². The Labute approximate surface area is 52.1 Å². The van der Waals surface area contributed by atoms with Gasteiger partial charge in [0.1, 0.15) is 6.33 Å². The Kier molecular flexibility index (Phi) is 2.50. The molecule has 10 heavy (non-hydrogen) atoms. The summed E-state index contributed by atoms with van der Waals surface area (Å²) in [5.74, 6) is 0. The fourth-order valence-electron chi connectivity index (χ4n) is 0.216. The van der Waals surface area contributed by atoms with E-state index in [1.165, 1.54) is 0 Å². The van der Waals surface area contributed by atoms with E-state index >= 15 is 0 Å². The average Bonchev–Trinajstić information content (AvgIpc) is 1.60. The third-order valence-electron chi connectivity index (χ3n) is 0.626. The molecule has 0 radical (unpaired) electrons. The topological polar surface area (TPSA) is 17.1 Å². The third kappa shape index (κ3) is 2.12. The highest BCUT2D eigenvalue weighted by Crippen LogP contribution is 2.26. The van der Waals surface area contributed by atoms with E-state index in [9.17, 15) is 26.7 Å². The van der Waals surface area contributed by atoms with Gasteiger partial charge in [-0.15, -0.1) is 0 Å². The number of rotatable bonds is 1. The first-order chi connectivity index (χ1) is 4.39. The van der Waals surface area contributed by atoms with Crippen LogP contribution in [0.1, 0.15) is 0 Å². The summed E-state index contributed by atoms with van der Waals surface area (Å²) in [6.07, 6.45) is -6.36. The van der Waals surface area contributed by atoms with Gasteiger partial charge in [0.15, 0.2) is 5.57 Å². The van der Waals surface area contributed by atoms with Crippen molar-refractivity contribution in [3.05, 3.63) is 11.9 Å². The molecule has 0 atom stereocenters. The fraction of sp³-hybridized carbons (Fsp3) is 0.250. The van der Waals surface area contributed by atoms with Crippen LogP contribution in [0.15, 0.2) is 11.9 Å². The Morgan fingerprint density at radius 1 is 1.30 bits per heavy atom. The van der Waals surface area contributed by atoms with E-state index in [-0.39, 0.29) is 0 Å². The van der Waals surface area contributed by atoms with Crippen LogP contribution in [0.5, 0.6) is 0 Å². The SMILES string of the molecule is O=C(F)C(=CF)C(F)(F)F. The van der Waals surface area contributed by atoms with Crippen molar-refractivity contribution in [3.8, 4) is 0 Å². The van der Waals surface area contributed by atoms with Crippen molar-refractivity contribution in [1.29, 1.82) is 0 Å². The summed E-state index contributed by atoms with van der Waals surface area (Å²) in [5, 5.41) is 0. The average molecular weight is 160 g/mol. The van der Waals surface area contributed by atoms with Crippen molar-refractivity contribution >= 4 is 6.04 Å². The Balaban J connectivity index is 4.56. The predicted octanol–water partition coefficient (Wildman–Crippen LogP) is 1.90. The smallest absolute Gasteiger partial charge is 0.255 e. The van der Waals surface area contributed by atoms with E-state index < -0.39 is 24.1 Å². The van der Waals surface area contributed by atoms with Gasteiger partial charge in [-0.05, 0) is 0 Å². The second-order valence-corrected chi connectivity index (χ2v) is 1.29. The summed E-state index contributed by atoms with van der Waals surface area (Å²) in [7, 11) is 0. The lowest BCUT2D eigenvalue weighted by molar-refractivity contribution is -0.138. The number of carbonyl (C=O) groups is 1. The maximum Gasteiger partial charge on any atom is 0.424 e. The highest BCUT2D eigenvalue weighted by Gasteiger charge is 2.39. The molecule has 0 aromatic rings. The highest BCUT2D eigenvalue weighted by atomic mass is 19.4. The summed E-state index contributed by atoms with van der Waals surface area (Å²) in [6.45, 7) is 0. The molecule has 0 unspecified atom stereocenters. The van der Waals surface area contributed by atoms with Gasteiger partial charge in [-0.3, -0.25) is 4.79 Å². The van der Waals surface area contributed by atoms with Gasteiger partial charge in [-0.25, -0.2) is 4.39 Å². The van der Waals surface area contributed by atoms with Gasteiger partial charge in [0.25, 0.3) is 0 Å². The number of hydrogen-bond donors (Lipinski definition) is 0. The molecular formula is C4HF5O. The largest absolute Gasteiger partial charge is 0.424 e. The summed E-state index contributed by atoms with van der Waals surface area (Å²) in [4.78, 5) is 9.33. The van der Waals surface area contributed by atoms with E-state index in [1.807, 2.05) is 0 Å². The first kappa shape index (κ1) is 9.06. The molecule has 0 N–H and O–H groups in total. The zero-order valence-corrected chi connectivity index (χ0v) is 4.38. The van der Waals surface area contributed by atoms with E-state index in [0.717, 1.165) is 0 Å². The van der Waals surface area contributed by atoms with Crippen LogP contribution in [0.2, 0.25) is 0 Å². The Hall–Kier alpha value is -0.940. The van der Waals surface area contributed by atoms with Crippen molar-refractivity contribution in [2.24, 2.45) is 0 Å². The molecule has 0 amide bonds. The molecule has 0 aliphatic carbocycles. The van der Waals surface area contributed by atoms with Gasteiger partial charge >= 0.3 is 12.2 Å². The number of carbonyl (C=O) groups excluding carboxylic acids is 1.